The maximum absolute atomic E-state index is 13.1. The Morgan fingerprint density at radius 1 is 1.07 bits per heavy atom. The second kappa shape index (κ2) is 16.5. The zero-order valence-electron chi connectivity index (χ0n) is 25.8. The summed E-state index contributed by atoms with van der Waals surface area (Å²) >= 11 is 3.29. The molecule has 0 spiro atoms. The minimum atomic E-state index is -1.07. The van der Waals surface area contributed by atoms with Crippen LogP contribution in [0.3, 0.4) is 0 Å². The van der Waals surface area contributed by atoms with Crippen LogP contribution >= 0.6 is 23.1 Å². The lowest BCUT2D eigenvalue weighted by Crippen LogP contribution is -2.48. The van der Waals surface area contributed by atoms with Crippen LogP contribution < -0.4 is 16.0 Å². The molecule has 0 fully saturated rings. The van der Waals surface area contributed by atoms with E-state index in [1.165, 1.54) is 26.5 Å². The molecule has 42 heavy (non-hydrogen) atoms. The molecule has 1 heterocycles. The van der Waals surface area contributed by atoms with Gasteiger partial charge < -0.3 is 21.1 Å². The number of anilines is 1. The van der Waals surface area contributed by atoms with Gasteiger partial charge in [0.2, 0.25) is 17.7 Å². The number of amides is 3. The van der Waals surface area contributed by atoms with Gasteiger partial charge in [0.25, 0.3) is 0 Å². The fourth-order valence-electron chi connectivity index (χ4n) is 4.54. The van der Waals surface area contributed by atoms with Crippen molar-refractivity contribution in [2.75, 3.05) is 17.6 Å². The van der Waals surface area contributed by atoms with Crippen molar-refractivity contribution in [2.24, 2.45) is 0 Å². The Hall–Kier alpha value is -3.11. The predicted molar refractivity (Wildman–Crippen MR) is 173 cm³/mol. The lowest BCUT2D eigenvalue weighted by Gasteiger charge is -2.31. The molecule has 0 bridgehead atoms. The number of thiophene rings is 1. The normalized spacial score (nSPS) is 13.0. The third kappa shape index (κ3) is 11.3. The summed E-state index contributed by atoms with van der Waals surface area (Å²) in [5, 5.41) is 17.2. The highest BCUT2D eigenvalue weighted by Gasteiger charge is 2.28. The van der Waals surface area contributed by atoms with Gasteiger partial charge in [-0.15, -0.1) is 23.1 Å². The number of carboxylic acids is 1. The second-order valence-corrected chi connectivity index (χ2v) is 13.9. The topological polar surface area (TPSA) is 125 Å². The number of aliphatic carboxylic acids is 1. The molecule has 0 saturated carbocycles. The first-order valence-electron chi connectivity index (χ1n) is 14.3. The van der Waals surface area contributed by atoms with E-state index in [2.05, 4.69) is 70.5 Å². The van der Waals surface area contributed by atoms with Crippen LogP contribution in [0, 0.1) is 13.8 Å². The SMILES string of the molecule is CCCC(C)(SCC(=O)NCC(=O)N[C@@H](CCC(=O)O)C(=O)Nc1cccc(Cc2cc(C)c(C)s2)c1)C(C)=C(C)C. The van der Waals surface area contributed by atoms with Crippen LogP contribution in [0.4, 0.5) is 5.69 Å². The number of aryl methyl sites for hydroxylation is 2. The van der Waals surface area contributed by atoms with Crippen molar-refractivity contribution >= 4 is 52.5 Å². The smallest absolute Gasteiger partial charge is 0.303 e. The Morgan fingerprint density at radius 2 is 1.79 bits per heavy atom. The maximum Gasteiger partial charge on any atom is 0.303 e. The summed E-state index contributed by atoms with van der Waals surface area (Å²) in [7, 11) is 0. The summed E-state index contributed by atoms with van der Waals surface area (Å²) in [5.74, 6) is -2.23. The molecule has 1 aromatic carbocycles. The second-order valence-electron chi connectivity index (χ2n) is 11.0. The fraction of sp³-hybridized carbons (Fsp3) is 0.500. The fourth-order valence-corrected chi connectivity index (χ4v) is 6.95. The zero-order valence-corrected chi connectivity index (χ0v) is 27.4. The van der Waals surface area contributed by atoms with E-state index in [0.29, 0.717) is 5.69 Å². The number of hydrogen-bond acceptors (Lipinski definition) is 6. The van der Waals surface area contributed by atoms with Gasteiger partial charge in [0, 0.05) is 33.0 Å². The van der Waals surface area contributed by atoms with Gasteiger partial charge in [-0.3, -0.25) is 19.2 Å². The Bertz CT molecular complexity index is 1280. The number of hydrogen-bond donors (Lipinski definition) is 4. The van der Waals surface area contributed by atoms with Gasteiger partial charge in [-0.1, -0.05) is 36.6 Å². The van der Waals surface area contributed by atoms with Gasteiger partial charge in [0.05, 0.1) is 12.3 Å². The molecule has 0 aliphatic rings. The van der Waals surface area contributed by atoms with Crippen molar-refractivity contribution < 1.29 is 24.3 Å². The van der Waals surface area contributed by atoms with Crippen LogP contribution in [-0.2, 0) is 25.6 Å². The Labute approximate surface area is 258 Å². The molecule has 0 aliphatic carbocycles. The van der Waals surface area contributed by atoms with Gasteiger partial charge in [0.15, 0.2) is 0 Å². The lowest BCUT2D eigenvalue weighted by atomic mass is 9.93. The van der Waals surface area contributed by atoms with Gasteiger partial charge in [-0.25, -0.2) is 0 Å². The molecular formula is C32H45N3O5S2. The number of benzene rings is 1. The average molecular weight is 616 g/mol. The van der Waals surface area contributed by atoms with Crippen LogP contribution in [-0.4, -0.2) is 51.9 Å². The number of carbonyl (C=O) groups is 4. The van der Waals surface area contributed by atoms with Crippen molar-refractivity contribution in [1.29, 1.82) is 0 Å². The van der Waals surface area contributed by atoms with Crippen LogP contribution in [0.1, 0.15) is 81.2 Å². The molecule has 1 aromatic heterocycles. The molecular weight excluding hydrogens is 571 g/mol. The summed E-state index contributed by atoms with van der Waals surface area (Å²) in [6, 6.07) is 8.55. The highest BCUT2D eigenvalue weighted by Crippen LogP contribution is 2.38. The highest BCUT2D eigenvalue weighted by atomic mass is 32.2. The predicted octanol–water partition coefficient (Wildman–Crippen LogP) is 6.01. The zero-order chi connectivity index (χ0) is 31.4. The van der Waals surface area contributed by atoms with E-state index in [0.717, 1.165) is 24.8 Å². The first-order chi connectivity index (χ1) is 19.7. The van der Waals surface area contributed by atoms with Gasteiger partial charge in [0.1, 0.15) is 6.04 Å². The molecule has 2 atom stereocenters. The standard InChI is InChI=1S/C32H45N3O5S2/c1-8-14-32(7,22(5)20(2)3)41-19-29(37)33-18-28(36)35-27(12-13-30(38)39)31(40)34-25-11-9-10-24(16-25)17-26-15-21(4)23(6)42-26/h9-11,15-16,27H,8,12-14,17-19H2,1-7H3,(H,33,37)(H,34,40)(H,35,36)(H,38,39)/t27-,32?/m0/s1. The van der Waals surface area contributed by atoms with Crippen molar-refractivity contribution in [3.8, 4) is 0 Å². The molecule has 230 valence electrons. The van der Waals surface area contributed by atoms with E-state index in [4.69, 9.17) is 0 Å². The minimum Gasteiger partial charge on any atom is -0.481 e. The average Bonchev–Trinajstić information content (AvgIpc) is 3.24. The molecule has 2 rings (SSSR count). The minimum absolute atomic E-state index is 0.0818. The molecule has 10 heteroatoms. The molecule has 0 saturated heterocycles. The largest absolute Gasteiger partial charge is 0.481 e. The summed E-state index contributed by atoms with van der Waals surface area (Å²) in [4.78, 5) is 52.1. The van der Waals surface area contributed by atoms with Crippen LogP contribution in [0.25, 0.3) is 0 Å². The van der Waals surface area contributed by atoms with Crippen LogP contribution in [0.2, 0.25) is 0 Å². The van der Waals surface area contributed by atoms with Crippen LogP contribution in [0.15, 0.2) is 41.5 Å². The number of carbonyl (C=O) groups excluding carboxylic acids is 3. The number of carboxylic acid groups (broad SMARTS) is 1. The van der Waals surface area contributed by atoms with E-state index in [1.807, 2.05) is 18.2 Å². The summed E-state index contributed by atoms with van der Waals surface area (Å²) in [6.07, 6.45) is 2.26. The maximum atomic E-state index is 13.1. The Morgan fingerprint density at radius 3 is 2.38 bits per heavy atom. The van der Waals surface area contributed by atoms with E-state index < -0.39 is 23.8 Å². The number of rotatable bonds is 16. The molecule has 4 N–H and O–H groups in total. The molecule has 1 unspecified atom stereocenters. The third-order valence-corrected chi connectivity index (χ3v) is 10.0. The monoisotopic (exact) mass is 615 g/mol. The van der Waals surface area contributed by atoms with Gasteiger partial charge in [-0.2, -0.15) is 0 Å². The van der Waals surface area contributed by atoms with Gasteiger partial charge >= 0.3 is 5.97 Å². The van der Waals surface area contributed by atoms with E-state index >= 15 is 0 Å². The molecule has 0 aliphatic heterocycles. The number of nitrogens with one attached hydrogen (secondary N) is 3. The molecule has 2 aromatic rings. The quantitative estimate of drug-likeness (QED) is 0.172. The first kappa shape index (κ1) is 35.1. The van der Waals surface area contributed by atoms with Crippen LogP contribution in [0.5, 0.6) is 0 Å². The summed E-state index contributed by atoms with van der Waals surface area (Å²) in [6.45, 7) is 14.3. The summed E-state index contributed by atoms with van der Waals surface area (Å²) in [5.41, 5.74) is 5.30. The lowest BCUT2D eigenvalue weighted by molar-refractivity contribution is -0.137. The molecule has 0 radical (unpaired) electrons. The number of allylic oxidation sites excluding steroid dienone is 1. The van der Waals surface area contributed by atoms with E-state index in [9.17, 15) is 24.3 Å². The Balaban J connectivity index is 1.98. The Kier molecular flexibility index (Phi) is 13.8. The van der Waals surface area contributed by atoms with Crippen molar-refractivity contribution in [1.82, 2.24) is 10.6 Å². The van der Waals surface area contributed by atoms with E-state index in [-0.39, 0.29) is 35.8 Å². The first-order valence-corrected chi connectivity index (χ1v) is 16.1. The van der Waals surface area contributed by atoms with E-state index in [1.54, 1.807) is 29.2 Å². The third-order valence-electron chi connectivity index (χ3n) is 7.33. The summed E-state index contributed by atoms with van der Waals surface area (Å²) < 4.78 is -0.174. The molecule has 8 nitrogen and oxygen atoms in total. The molecule has 3 amide bonds. The van der Waals surface area contributed by atoms with Gasteiger partial charge in [-0.05, 0) is 83.7 Å². The van der Waals surface area contributed by atoms with Crippen molar-refractivity contribution in [2.45, 2.75) is 91.4 Å². The highest BCUT2D eigenvalue weighted by molar-refractivity contribution is 8.01. The van der Waals surface area contributed by atoms with Crippen molar-refractivity contribution in [3.63, 3.8) is 0 Å². The number of thioether (sulfide) groups is 1. The van der Waals surface area contributed by atoms with Crippen molar-refractivity contribution in [3.05, 3.63) is 62.4 Å².